The Kier molecular flexibility index (Phi) is 6.26. The maximum atomic E-state index is 10.9. The summed E-state index contributed by atoms with van der Waals surface area (Å²) in [7, 11) is 1.65. The van der Waals surface area contributed by atoms with Crippen molar-refractivity contribution in [3.05, 3.63) is 59.2 Å². The highest BCUT2D eigenvalue weighted by Crippen LogP contribution is 2.48. The molecule has 0 saturated heterocycles. The molecule has 0 heterocycles. The van der Waals surface area contributed by atoms with Crippen LogP contribution in [-0.4, -0.2) is 12.2 Å². The van der Waals surface area contributed by atoms with Crippen molar-refractivity contribution in [3.63, 3.8) is 0 Å². The van der Waals surface area contributed by atoms with Crippen molar-refractivity contribution in [1.82, 2.24) is 0 Å². The van der Waals surface area contributed by atoms with Crippen LogP contribution in [0.5, 0.6) is 11.5 Å². The third kappa shape index (κ3) is 4.55. The first kappa shape index (κ1) is 19.5. The number of hydrogen-bond acceptors (Lipinski definition) is 2. The van der Waals surface area contributed by atoms with Crippen molar-refractivity contribution in [1.29, 1.82) is 0 Å². The fourth-order valence-electron chi connectivity index (χ4n) is 4.58. The van der Waals surface area contributed by atoms with Crippen LogP contribution in [0.2, 0.25) is 0 Å². The SMILES string of the molecule is COc1cc(O)c(C2CC(C)CCC2C(C)C)c(/C=C/c2ccccc2)c1. The summed E-state index contributed by atoms with van der Waals surface area (Å²) in [4.78, 5) is 0. The minimum absolute atomic E-state index is 0.367. The molecule has 144 valence electrons. The van der Waals surface area contributed by atoms with E-state index in [2.05, 4.69) is 51.1 Å². The standard InChI is InChI=1S/C25H32O2/c1-17(2)22-13-10-18(3)14-23(22)25-20(15-21(27-4)16-24(25)26)12-11-19-8-6-5-7-9-19/h5-9,11-12,15-18,22-23,26H,10,13-14H2,1-4H3/b12-11+. The summed E-state index contributed by atoms with van der Waals surface area (Å²) >= 11 is 0. The van der Waals surface area contributed by atoms with Gasteiger partial charge in [0.05, 0.1) is 7.11 Å². The van der Waals surface area contributed by atoms with E-state index in [-0.39, 0.29) is 0 Å². The summed E-state index contributed by atoms with van der Waals surface area (Å²) in [5, 5.41) is 10.9. The second-order valence-corrected chi connectivity index (χ2v) is 8.33. The van der Waals surface area contributed by atoms with Crippen LogP contribution in [0.1, 0.15) is 62.6 Å². The summed E-state index contributed by atoms with van der Waals surface area (Å²) in [6.07, 6.45) is 7.90. The van der Waals surface area contributed by atoms with Crippen molar-refractivity contribution in [2.45, 2.75) is 46.0 Å². The normalized spacial score (nSPS) is 23.1. The molecule has 0 amide bonds. The number of rotatable bonds is 5. The summed E-state index contributed by atoms with van der Waals surface area (Å²) in [6, 6.07) is 14.1. The summed E-state index contributed by atoms with van der Waals surface area (Å²) in [5.41, 5.74) is 3.32. The zero-order chi connectivity index (χ0) is 19.4. The molecule has 3 atom stereocenters. The monoisotopic (exact) mass is 364 g/mol. The highest BCUT2D eigenvalue weighted by molar-refractivity contribution is 5.73. The van der Waals surface area contributed by atoms with Gasteiger partial charge < -0.3 is 9.84 Å². The first-order valence-corrected chi connectivity index (χ1v) is 10.1. The third-order valence-corrected chi connectivity index (χ3v) is 6.05. The smallest absolute Gasteiger partial charge is 0.123 e. The van der Waals surface area contributed by atoms with Crippen LogP contribution in [0.4, 0.5) is 0 Å². The first-order valence-electron chi connectivity index (χ1n) is 10.1. The van der Waals surface area contributed by atoms with Gasteiger partial charge in [-0.1, -0.05) is 69.7 Å². The van der Waals surface area contributed by atoms with E-state index in [4.69, 9.17) is 4.74 Å². The molecule has 3 unspecified atom stereocenters. The molecular formula is C25H32O2. The molecule has 0 aliphatic heterocycles. The molecule has 2 aromatic carbocycles. The van der Waals surface area contributed by atoms with Gasteiger partial charge in [0.2, 0.25) is 0 Å². The second-order valence-electron chi connectivity index (χ2n) is 8.33. The molecule has 0 aromatic heterocycles. The maximum absolute atomic E-state index is 10.9. The van der Waals surface area contributed by atoms with Gasteiger partial charge in [-0.15, -0.1) is 0 Å². The molecular weight excluding hydrogens is 332 g/mol. The van der Waals surface area contributed by atoms with Crippen molar-refractivity contribution in [3.8, 4) is 11.5 Å². The zero-order valence-electron chi connectivity index (χ0n) is 17.0. The number of phenolic OH excluding ortho intramolecular Hbond substituents is 1. The largest absolute Gasteiger partial charge is 0.507 e. The zero-order valence-corrected chi connectivity index (χ0v) is 17.0. The molecule has 1 N–H and O–H groups in total. The number of ether oxygens (including phenoxy) is 1. The van der Waals surface area contributed by atoms with Gasteiger partial charge in [0.1, 0.15) is 11.5 Å². The lowest BCUT2D eigenvalue weighted by atomic mass is 9.66. The van der Waals surface area contributed by atoms with Crippen LogP contribution >= 0.6 is 0 Å². The molecule has 1 aliphatic rings. The Morgan fingerprint density at radius 3 is 2.48 bits per heavy atom. The minimum atomic E-state index is 0.367. The molecule has 0 spiro atoms. The molecule has 2 nitrogen and oxygen atoms in total. The Balaban J connectivity index is 2.06. The average Bonchev–Trinajstić information content (AvgIpc) is 2.66. The van der Waals surface area contributed by atoms with Crippen LogP contribution < -0.4 is 4.74 Å². The Morgan fingerprint density at radius 1 is 1.07 bits per heavy atom. The fourth-order valence-corrected chi connectivity index (χ4v) is 4.58. The topological polar surface area (TPSA) is 29.5 Å². The first-order chi connectivity index (χ1) is 13.0. The van der Waals surface area contributed by atoms with E-state index in [0.29, 0.717) is 35.2 Å². The van der Waals surface area contributed by atoms with Gasteiger partial charge in [-0.05, 0) is 53.7 Å². The predicted molar refractivity (Wildman–Crippen MR) is 114 cm³/mol. The summed E-state index contributed by atoms with van der Waals surface area (Å²) < 4.78 is 5.43. The van der Waals surface area contributed by atoms with Crippen LogP contribution in [0, 0.1) is 17.8 Å². The lowest BCUT2D eigenvalue weighted by Gasteiger charge is -2.38. The van der Waals surface area contributed by atoms with E-state index < -0.39 is 0 Å². The van der Waals surface area contributed by atoms with Crippen LogP contribution in [0.3, 0.4) is 0 Å². The molecule has 0 bridgehead atoms. The Hall–Kier alpha value is -2.22. The minimum Gasteiger partial charge on any atom is -0.507 e. The van der Waals surface area contributed by atoms with Crippen LogP contribution in [0.15, 0.2) is 42.5 Å². The number of hydrogen-bond donors (Lipinski definition) is 1. The molecule has 3 rings (SSSR count). The van der Waals surface area contributed by atoms with E-state index in [1.165, 1.54) is 12.8 Å². The molecule has 27 heavy (non-hydrogen) atoms. The molecule has 1 saturated carbocycles. The quantitative estimate of drug-likeness (QED) is 0.595. The Labute approximate surface area is 163 Å². The highest BCUT2D eigenvalue weighted by Gasteiger charge is 2.34. The van der Waals surface area contributed by atoms with E-state index in [9.17, 15) is 5.11 Å². The fraction of sp³-hybridized carbons (Fsp3) is 0.440. The maximum Gasteiger partial charge on any atom is 0.123 e. The lowest BCUT2D eigenvalue weighted by molar-refractivity contribution is 0.194. The van der Waals surface area contributed by atoms with Gasteiger partial charge in [0.15, 0.2) is 0 Å². The molecule has 2 aromatic rings. The van der Waals surface area contributed by atoms with Gasteiger partial charge in [-0.3, -0.25) is 0 Å². The third-order valence-electron chi connectivity index (χ3n) is 6.05. The van der Waals surface area contributed by atoms with E-state index in [0.717, 1.165) is 23.1 Å². The number of phenols is 1. The van der Waals surface area contributed by atoms with Crippen LogP contribution in [0.25, 0.3) is 12.2 Å². The Bertz CT molecular complexity index is 776. The van der Waals surface area contributed by atoms with Crippen LogP contribution in [-0.2, 0) is 0 Å². The van der Waals surface area contributed by atoms with Crippen molar-refractivity contribution in [2.24, 2.45) is 17.8 Å². The Morgan fingerprint density at radius 2 is 1.81 bits per heavy atom. The van der Waals surface area contributed by atoms with E-state index >= 15 is 0 Å². The summed E-state index contributed by atoms with van der Waals surface area (Å²) in [6.45, 7) is 6.96. The average molecular weight is 365 g/mol. The molecule has 1 fully saturated rings. The number of aromatic hydroxyl groups is 1. The lowest BCUT2D eigenvalue weighted by Crippen LogP contribution is -2.26. The number of methoxy groups -OCH3 is 1. The van der Waals surface area contributed by atoms with Crippen molar-refractivity contribution >= 4 is 12.2 Å². The van der Waals surface area contributed by atoms with E-state index in [1.54, 1.807) is 13.2 Å². The molecule has 0 radical (unpaired) electrons. The van der Waals surface area contributed by atoms with Gasteiger partial charge in [0, 0.05) is 11.6 Å². The van der Waals surface area contributed by atoms with Gasteiger partial charge in [0.25, 0.3) is 0 Å². The van der Waals surface area contributed by atoms with Crippen molar-refractivity contribution in [2.75, 3.05) is 7.11 Å². The predicted octanol–water partition coefficient (Wildman–Crippen LogP) is 6.75. The van der Waals surface area contributed by atoms with Gasteiger partial charge in [-0.25, -0.2) is 0 Å². The van der Waals surface area contributed by atoms with Gasteiger partial charge >= 0.3 is 0 Å². The molecule has 2 heteroatoms. The van der Waals surface area contributed by atoms with Gasteiger partial charge in [-0.2, -0.15) is 0 Å². The molecule has 1 aliphatic carbocycles. The highest BCUT2D eigenvalue weighted by atomic mass is 16.5. The van der Waals surface area contributed by atoms with E-state index in [1.807, 2.05) is 18.2 Å². The number of benzene rings is 2. The second kappa shape index (κ2) is 8.65. The summed E-state index contributed by atoms with van der Waals surface area (Å²) in [5.74, 6) is 3.35. The van der Waals surface area contributed by atoms with Crippen molar-refractivity contribution < 1.29 is 9.84 Å².